The van der Waals surface area contributed by atoms with Gasteiger partial charge in [-0.25, -0.2) is 4.39 Å². The molecule has 0 radical (unpaired) electrons. The number of methoxy groups -OCH3 is 1. The minimum Gasteiger partial charge on any atom is -0.494 e. The Morgan fingerprint density at radius 3 is 2.82 bits per heavy atom. The largest absolute Gasteiger partial charge is 0.494 e. The highest BCUT2D eigenvalue weighted by Crippen LogP contribution is 2.24. The first-order valence-electron chi connectivity index (χ1n) is 5.23. The number of hydrogen-bond acceptors (Lipinski definition) is 3. The molecule has 0 bridgehead atoms. The molecular formula is C13H13FO2S. The van der Waals surface area contributed by atoms with Gasteiger partial charge in [-0.05, 0) is 40.1 Å². The van der Waals surface area contributed by atoms with Gasteiger partial charge in [0.25, 0.3) is 0 Å². The van der Waals surface area contributed by atoms with Gasteiger partial charge < -0.3 is 9.84 Å². The van der Waals surface area contributed by atoms with Crippen LogP contribution in [0.15, 0.2) is 35.0 Å². The Labute approximate surface area is 103 Å². The molecule has 90 valence electrons. The van der Waals surface area contributed by atoms with Crippen molar-refractivity contribution in [2.75, 3.05) is 7.11 Å². The van der Waals surface area contributed by atoms with Crippen LogP contribution < -0.4 is 4.74 Å². The van der Waals surface area contributed by atoms with Gasteiger partial charge in [0.15, 0.2) is 11.6 Å². The SMILES string of the molecule is COc1ccc(C(O)Cc2ccsc2)cc1F. The number of rotatable bonds is 4. The van der Waals surface area contributed by atoms with Gasteiger partial charge in [0.1, 0.15) is 0 Å². The number of thiophene rings is 1. The Balaban J connectivity index is 2.14. The Morgan fingerprint density at radius 1 is 1.41 bits per heavy atom. The molecule has 0 aliphatic carbocycles. The van der Waals surface area contributed by atoms with Gasteiger partial charge in [0.05, 0.1) is 13.2 Å². The van der Waals surface area contributed by atoms with Crippen molar-refractivity contribution in [3.63, 3.8) is 0 Å². The van der Waals surface area contributed by atoms with Crippen LogP contribution in [0.1, 0.15) is 17.2 Å². The van der Waals surface area contributed by atoms with Crippen LogP contribution in [-0.4, -0.2) is 12.2 Å². The van der Waals surface area contributed by atoms with Crippen molar-refractivity contribution >= 4 is 11.3 Å². The first kappa shape index (κ1) is 12.1. The molecule has 0 fully saturated rings. The summed E-state index contributed by atoms with van der Waals surface area (Å²) in [4.78, 5) is 0. The zero-order valence-corrected chi connectivity index (χ0v) is 10.2. The van der Waals surface area contributed by atoms with Crippen molar-refractivity contribution in [2.24, 2.45) is 0 Å². The maximum absolute atomic E-state index is 13.5. The summed E-state index contributed by atoms with van der Waals surface area (Å²) in [7, 11) is 1.42. The van der Waals surface area contributed by atoms with Crippen molar-refractivity contribution in [3.05, 3.63) is 52.0 Å². The lowest BCUT2D eigenvalue weighted by Gasteiger charge is -2.11. The molecule has 1 N–H and O–H groups in total. The molecule has 17 heavy (non-hydrogen) atoms. The summed E-state index contributed by atoms with van der Waals surface area (Å²) in [5.74, 6) is -0.258. The topological polar surface area (TPSA) is 29.5 Å². The van der Waals surface area contributed by atoms with Crippen LogP contribution in [-0.2, 0) is 6.42 Å². The number of aliphatic hydroxyl groups is 1. The summed E-state index contributed by atoms with van der Waals surface area (Å²) in [6, 6.07) is 6.48. The standard InChI is InChI=1S/C13H13FO2S/c1-16-13-3-2-10(7-11(13)14)12(15)6-9-4-5-17-8-9/h2-5,7-8,12,15H,6H2,1H3. The second-order valence-electron chi connectivity index (χ2n) is 3.75. The van der Waals surface area contributed by atoms with Crippen molar-refractivity contribution in [2.45, 2.75) is 12.5 Å². The number of halogens is 1. The van der Waals surface area contributed by atoms with Gasteiger partial charge in [0.2, 0.25) is 0 Å². The second kappa shape index (κ2) is 5.29. The van der Waals surface area contributed by atoms with Crippen LogP contribution in [0.2, 0.25) is 0 Å². The lowest BCUT2D eigenvalue weighted by atomic mass is 10.0. The van der Waals surface area contributed by atoms with E-state index in [0.29, 0.717) is 12.0 Å². The van der Waals surface area contributed by atoms with Gasteiger partial charge in [-0.1, -0.05) is 6.07 Å². The molecule has 0 aliphatic rings. The zero-order valence-electron chi connectivity index (χ0n) is 9.39. The average molecular weight is 252 g/mol. The van der Waals surface area contributed by atoms with E-state index in [-0.39, 0.29) is 5.75 Å². The van der Waals surface area contributed by atoms with E-state index < -0.39 is 11.9 Å². The van der Waals surface area contributed by atoms with E-state index in [1.54, 1.807) is 17.4 Å². The van der Waals surface area contributed by atoms with E-state index in [0.717, 1.165) is 5.56 Å². The van der Waals surface area contributed by atoms with E-state index in [4.69, 9.17) is 4.74 Å². The highest BCUT2D eigenvalue weighted by Gasteiger charge is 2.12. The van der Waals surface area contributed by atoms with Gasteiger partial charge >= 0.3 is 0 Å². The van der Waals surface area contributed by atoms with Gasteiger partial charge in [-0.2, -0.15) is 11.3 Å². The molecule has 0 spiro atoms. The van der Waals surface area contributed by atoms with E-state index in [2.05, 4.69) is 0 Å². The molecule has 1 atom stereocenters. The van der Waals surface area contributed by atoms with Gasteiger partial charge in [0, 0.05) is 6.42 Å². The van der Waals surface area contributed by atoms with E-state index >= 15 is 0 Å². The minimum atomic E-state index is -0.690. The molecule has 2 rings (SSSR count). The first-order valence-corrected chi connectivity index (χ1v) is 6.17. The molecule has 2 aromatic rings. The van der Waals surface area contributed by atoms with Crippen molar-refractivity contribution in [3.8, 4) is 5.75 Å². The predicted octanol–water partition coefficient (Wildman–Crippen LogP) is 3.17. The number of aliphatic hydroxyl groups excluding tert-OH is 1. The van der Waals surface area contributed by atoms with Gasteiger partial charge in [-0.3, -0.25) is 0 Å². The molecule has 1 aromatic carbocycles. The molecule has 0 aliphatic heterocycles. The van der Waals surface area contributed by atoms with E-state index in [9.17, 15) is 9.50 Å². The van der Waals surface area contributed by atoms with Crippen molar-refractivity contribution < 1.29 is 14.2 Å². The first-order chi connectivity index (χ1) is 8.20. The molecule has 2 nitrogen and oxygen atoms in total. The number of hydrogen-bond donors (Lipinski definition) is 1. The average Bonchev–Trinajstić information content (AvgIpc) is 2.81. The normalized spacial score (nSPS) is 12.4. The molecule has 0 saturated heterocycles. The molecule has 1 unspecified atom stereocenters. The van der Waals surface area contributed by atoms with Crippen molar-refractivity contribution in [1.29, 1.82) is 0 Å². The van der Waals surface area contributed by atoms with E-state index in [1.165, 1.54) is 19.2 Å². The Kier molecular flexibility index (Phi) is 3.76. The Bertz CT molecular complexity index is 482. The van der Waals surface area contributed by atoms with Gasteiger partial charge in [-0.15, -0.1) is 0 Å². The predicted molar refractivity (Wildman–Crippen MR) is 65.9 cm³/mol. The summed E-state index contributed by atoms with van der Waals surface area (Å²) in [6.07, 6.45) is -0.195. The Morgan fingerprint density at radius 2 is 2.24 bits per heavy atom. The zero-order chi connectivity index (χ0) is 12.3. The number of benzene rings is 1. The summed E-state index contributed by atoms with van der Waals surface area (Å²) in [5.41, 5.74) is 1.62. The maximum Gasteiger partial charge on any atom is 0.165 e. The van der Waals surface area contributed by atoms with Crippen LogP contribution in [0.4, 0.5) is 4.39 Å². The van der Waals surface area contributed by atoms with Crippen LogP contribution in [0, 0.1) is 5.82 Å². The third-order valence-electron chi connectivity index (χ3n) is 2.57. The minimum absolute atomic E-state index is 0.191. The molecule has 0 amide bonds. The Hall–Kier alpha value is -1.39. The quantitative estimate of drug-likeness (QED) is 0.905. The maximum atomic E-state index is 13.5. The van der Waals surface area contributed by atoms with Crippen LogP contribution >= 0.6 is 11.3 Å². The highest BCUT2D eigenvalue weighted by atomic mass is 32.1. The lowest BCUT2D eigenvalue weighted by molar-refractivity contribution is 0.178. The smallest absolute Gasteiger partial charge is 0.165 e. The third-order valence-corrected chi connectivity index (χ3v) is 3.30. The fourth-order valence-electron chi connectivity index (χ4n) is 1.64. The summed E-state index contributed by atoms with van der Waals surface area (Å²) in [5, 5.41) is 13.9. The monoisotopic (exact) mass is 252 g/mol. The van der Waals surface area contributed by atoms with Crippen LogP contribution in [0.3, 0.4) is 0 Å². The van der Waals surface area contributed by atoms with Crippen LogP contribution in [0.25, 0.3) is 0 Å². The fraction of sp³-hybridized carbons (Fsp3) is 0.231. The molecule has 1 heterocycles. The molecule has 1 aromatic heterocycles. The lowest BCUT2D eigenvalue weighted by Crippen LogP contribution is -2.02. The summed E-state index contributed by atoms with van der Waals surface area (Å²) >= 11 is 1.58. The molecule has 4 heteroatoms. The second-order valence-corrected chi connectivity index (χ2v) is 4.53. The molecule has 0 saturated carbocycles. The highest BCUT2D eigenvalue weighted by molar-refractivity contribution is 7.07. The summed E-state index contributed by atoms with van der Waals surface area (Å²) < 4.78 is 18.3. The molecular weight excluding hydrogens is 239 g/mol. The third kappa shape index (κ3) is 2.84. The fourth-order valence-corrected chi connectivity index (χ4v) is 2.32. The van der Waals surface area contributed by atoms with E-state index in [1.807, 2.05) is 16.8 Å². The van der Waals surface area contributed by atoms with Crippen LogP contribution in [0.5, 0.6) is 5.75 Å². The summed E-state index contributed by atoms with van der Waals surface area (Å²) in [6.45, 7) is 0. The van der Waals surface area contributed by atoms with Crippen molar-refractivity contribution in [1.82, 2.24) is 0 Å². The number of ether oxygens (including phenoxy) is 1.